The van der Waals surface area contributed by atoms with Crippen LogP contribution in [0.4, 0.5) is 0 Å². The van der Waals surface area contributed by atoms with Crippen molar-refractivity contribution in [2.45, 2.75) is 39.7 Å². The fourth-order valence-electron chi connectivity index (χ4n) is 2.44. The van der Waals surface area contributed by atoms with E-state index in [1.165, 1.54) is 12.8 Å². The fourth-order valence-corrected chi connectivity index (χ4v) is 2.44. The fraction of sp³-hybridized carbons (Fsp3) is 0.917. The molecule has 1 aliphatic rings. The minimum absolute atomic E-state index is 0.106. The predicted octanol–water partition coefficient (Wildman–Crippen LogP) is 1.49. The van der Waals surface area contributed by atoms with E-state index in [1.807, 2.05) is 14.0 Å². The van der Waals surface area contributed by atoms with Crippen molar-refractivity contribution >= 4 is 5.91 Å². The van der Waals surface area contributed by atoms with E-state index in [4.69, 9.17) is 0 Å². The highest BCUT2D eigenvalue weighted by Gasteiger charge is 2.32. The average Bonchev–Trinajstić information content (AvgIpc) is 2.65. The SMILES string of the molecule is CNCC(C)C(=O)N1CCCC1C(C)C. The maximum atomic E-state index is 12.1. The molecule has 1 aliphatic heterocycles. The first-order valence-electron chi connectivity index (χ1n) is 6.03. The monoisotopic (exact) mass is 212 g/mol. The molecular formula is C12H24N2O. The zero-order valence-corrected chi connectivity index (χ0v) is 10.4. The Morgan fingerprint density at radius 3 is 2.67 bits per heavy atom. The van der Waals surface area contributed by atoms with E-state index >= 15 is 0 Å². The molecule has 0 saturated carbocycles. The molecule has 2 atom stereocenters. The van der Waals surface area contributed by atoms with Gasteiger partial charge in [0.05, 0.1) is 0 Å². The molecule has 1 fully saturated rings. The molecule has 15 heavy (non-hydrogen) atoms. The Kier molecular flexibility index (Phi) is 4.58. The molecule has 0 aromatic carbocycles. The van der Waals surface area contributed by atoms with Gasteiger partial charge in [-0.25, -0.2) is 0 Å². The lowest BCUT2D eigenvalue weighted by Gasteiger charge is -2.30. The number of nitrogens with one attached hydrogen (secondary N) is 1. The number of carbonyl (C=O) groups is 1. The first-order valence-corrected chi connectivity index (χ1v) is 6.03. The maximum Gasteiger partial charge on any atom is 0.226 e. The molecule has 0 bridgehead atoms. The van der Waals surface area contributed by atoms with Crippen LogP contribution in [0.1, 0.15) is 33.6 Å². The van der Waals surface area contributed by atoms with E-state index in [0.29, 0.717) is 17.9 Å². The minimum atomic E-state index is 0.106. The van der Waals surface area contributed by atoms with Crippen molar-refractivity contribution in [3.63, 3.8) is 0 Å². The maximum absolute atomic E-state index is 12.1. The Morgan fingerprint density at radius 1 is 1.47 bits per heavy atom. The second kappa shape index (κ2) is 5.50. The molecule has 0 radical (unpaired) electrons. The van der Waals surface area contributed by atoms with Crippen LogP contribution >= 0.6 is 0 Å². The van der Waals surface area contributed by atoms with Gasteiger partial charge in [0.2, 0.25) is 5.91 Å². The zero-order valence-electron chi connectivity index (χ0n) is 10.4. The Morgan fingerprint density at radius 2 is 2.13 bits per heavy atom. The summed E-state index contributed by atoms with van der Waals surface area (Å²) in [5.74, 6) is 1.01. The molecule has 1 saturated heterocycles. The summed E-state index contributed by atoms with van der Waals surface area (Å²) < 4.78 is 0. The van der Waals surface area contributed by atoms with E-state index in [0.717, 1.165) is 13.1 Å². The van der Waals surface area contributed by atoms with E-state index in [-0.39, 0.29) is 5.92 Å². The number of likely N-dealkylation sites (tertiary alicyclic amines) is 1. The molecule has 1 N–H and O–H groups in total. The van der Waals surface area contributed by atoms with Crippen molar-refractivity contribution < 1.29 is 4.79 Å². The molecule has 1 rings (SSSR count). The lowest BCUT2D eigenvalue weighted by atomic mass is 10.0. The van der Waals surface area contributed by atoms with Gasteiger partial charge in [-0.15, -0.1) is 0 Å². The van der Waals surface area contributed by atoms with Gasteiger partial charge in [0, 0.05) is 25.0 Å². The molecule has 0 aromatic rings. The Balaban J connectivity index is 2.58. The van der Waals surface area contributed by atoms with Crippen molar-refractivity contribution in [1.82, 2.24) is 10.2 Å². The molecule has 0 aromatic heterocycles. The second-order valence-electron chi connectivity index (χ2n) is 4.94. The van der Waals surface area contributed by atoms with Gasteiger partial charge in [-0.2, -0.15) is 0 Å². The standard InChI is InChI=1S/C12H24N2O/c1-9(2)11-6-5-7-14(11)12(15)10(3)8-13-4/h9-11,13H,5-8H2,1-4H3. The number of nitrogens with zero attached hydrogens (tertiary/aromatic N) is 1. The molecule has 0 aliphatic carbocycles. The van der Waals surface area contributed by atoms with Crippen LogP contribution in [0.3, 0.4) is 0 Å². The smallest absolute Gasteiger partial charge is 0.226 e. The van der Waals surface area contributed by atoms with E-state index in [1.54, 1.807) is 0 Å². The Bertz CT molecular complexity index is 216. The zero-order chi connectivity index (χ0) is 11.4. The van der Waals surface area contributed by atoms with E-state index < -0.39 is 0 Å². The van der Waals surface area contributed by atoms with Crippen molar-refractivity contribution in [2.24, 2.45) is 11.8 Å². The largest absolute Gasteiger partial charge is 0.339 e. The third-order valence-electron chi connectivity index (χ3n) is 3.28. The number of carbonyl (C=O) groups excluding carboxylic acids is 1. The Hall–Kier alpha value is -0.570. The molecule has 1 heterocycles. The van der Waals surface area contributed by atoms with Crippen molar-refractivity contribution in [1.29, 1.82) is 0 Å². The quantitative estimate of drug-likeness (QED) is 0.765. The van der Waals surface area contributed by atoms with Gasteiger partial charge in [0.15, 0.2) is 0 Å². The molecule has 88 valence electrons. The van der Waals surface area contributed by atoms with Crippen LogP contribution in [0.15, 0.2) is 0 Å². The van der Waals surface area contributed by atoms with Crippen LogP contribution in [0.2, 0.25) is 0 Å². The lowest BCUT2D eigenvalue weighted by Crippen LogP contribution is -2.43. The van der Waals surface area contributed by atoms with E-state index in [9.17, 15) is 4.79 Å². The Labute approximate surface area is 93.2 Å². The summed E-state index contributed by atoms with van der Waals surface area (Å²) in [5.41, 5.74) is 0. The second-order valence-corrected chi connectivity index (χ2v) is 4.94. The summed E-state index contributed by atoms with van der Waals surface area (Å²) in [5, 5.41) is 3.07. The summed E-state index contributed by atoms with van der Waals surface area (Å²) >= 11 is 0. The summed E-state index contributed by atoms with van der Waals surface area (Å²) in [7, 11) is 1.90. The highest BCUT2D eigenvalue weighted by Crippen LogP contribution is 2.25. The van der Waals surface area contributed by atoms with Crippen LogP contribution < -0.4 is 5.32 Å². The van der Waals surface area contributed by atoms with Crippen LogP contribution in [-0.2, 0) is 4.79 Å². The summed E-state index contributed by atoms with van der Waals surface area (Å²) in [6.45, 7) is 8.16. The van der Waals surface area contributed by atoms with Crippen LogP contribution in [-0.4, -0.2) is 37.0 Å². The topological polar surface area (TPSA) is 32.3 Å². The average molecular weight is 212 g/mol. The molecular weight excluding hydrogens is 188 g/mol. The van der Waals surface area contributed by atoms with Crippen molar-refractivity contribution in [3.05, 3.63) is 0 Å². The van der Waals surface area contributed by atoms with Gasteiger partial charge < -0.3 is 10.2 Å². The third-order valence-corrected chi connectivity index (χ3v) is 3.28. The number of hydrogen-bond donors (Lipinski definition) is 1. The molecule has 1 amide bonds. The van der Waals surface area contributed by atoms with E-state index in [2.05, 4.69) is 24.1 Å². The highest BCUT2D eigenvalue weighted by molar-refractivity contribution is 5.79. The van der Waals surface area contributed by atoms with Gasteiger partial charge in [-0.1, -0.05) is 20.8 Å². The molecule has 3 nitrogen and oxygen atoms in total. The minimum Gasteiger partial charge on any atom is -0.339 e. The number of rotatable bonds is 4. The highest BCUT2D eigenvalue weighted by atomic mass is 16.2. The van der Waals surface area contributed by atoms with Crippen molar-refractivity contribution in [2.75, 3.05) is 20.1 Å². The first-order chi connectivity index (χ1) is 7.07. The molecule has 2 unspecified atom stereocenters. The van der Waals surface area contributed by atoms with Gasteiger partial charge in [-0.05, 0) is 25.8 Å². The van der Waals surface area contributed by atoms with Gasteiger partial charge in [0.25, 0.3) is 0 Å². The summed E-state index contributed by atoms with van der Waals surface area (Å²) in [4.78, 5) is 14.2. The third kappa shape index (κ3) is 2.94. The van der Waals surface area contributed by atoms with Crippen LogP contribution in [0.25, 0.3) is 0 Å². The van der Waals surface area contributed by atoms with Crippen molar-refractivity contribution in [3.8, 4) is 0 Å². The van der Waals surface area contributed by atoms with Gasteiger partial charge >= 0.3 is 0 Å². The number of hydrogen-bond acceptors (Lipinski definition) is 2. The van der Waals surface area contributed by atoms with Gasteiger partial charge in [0.1, 0.15) is 0 Å². The normalized spacial score (nSPS) is 23.5. The lowest BCUT2D eigenvalue weighted by molar-refractivity contribution is -0.136. The molecule has 3 heteroatoms. The first kappa shape index (κ1) is 12.5. The van der Waals surface area contributed by atoms with Crippen LogP contribution in [0, 0.1) is 11.8 Å². The predicted molar refractivity (Wildman–Crippen MR) is 62.7 cm³/mol. The molecule has 0 spiro atoms. The number of amides is 1. The summed E-state index contributed by atoms with van der Waals surface area (Å²) in [6, 6.07) is 0.469. The van der Waals surface area contributed by atoms with Crippen LogP contribution in [0.5, 0.6) is 0 Å². The summed E-state index contributed by atoms with van der Waals surface area (Å²) in [6.07, 6.45) is 2.34. The van der Waals surface area contributed by atoms with Gasteiger partial charge in [-0.3, -0.25) is 4.79 Å².